The van der Waals surface area contributed by atoms with Crippen LogP contribution in [0.2, 0.25) is 0 Å². The van der Waals surface area contributed by atoms with Crippen LogP contribution in [0, 0.1) is 0 Å². The van der Waals surface area contributed by atoms with Crippen LogP contribution in [-0.2, 0) is 6.54 Å². The summed E-state index contributed by atoms with van der Waals surface area (Å²) in [5.74, 6) is 2.74. The standard InChI is InChI=1S/C19H24N2O3/c1-2-8-21(7-1)16(17-4-3-9-22-17)14-20-13-15-5-6-18-19(12-15)24-11-10-23-18/h3-6,9,12,16,20H,1-2,7-8,10-11,13-14H2/t16-/m1/s1. The molecule has 0 amide bonds. The van der Waals surface area contributed by atoms with Gasteiger partial charge in [-0.25, -0.2) is 0 Å². The maximum absolute atomic E-state index is 5.67. The fourth-order valence-corrected chi connectivity index (χ4v) is 3.49. The molecule has 2 aliphatic heterocycles. The zero-order valence-corrected chi connectivity index (χ0v) is 13.9. The van der Waals surface area contributed by atoms with E-state index in [1.165, 1.54) is 18.4 Å². The molecule has 2 aliphatic rings. The molecule has 1 fully saturated rings. The summed E-state index contributed by atoms with van der Waals surface area (Å²) >= 11 is 0. The Morgan fingerprint density at radius 2 is 1.88 bits per heavy atom. The van der Waals surface area contributed by atoms with Crippen LogP contribution in [0.25, 0.3) is 0 Å². The van der Waals surface area contributed by atoms with Crippen molar-refractivity contribution in [3.8, 4) is 11.5 Å². The molecule has 0 radical (unpaired) electrons. The Morgan fingerprint density at radius 3 is 2.67 bits per heavy atom. The highest BCUT2D eigenvalue weighted by atomic mass is 16.6. The fourth-order valence-electron chi connectivity index (χ4n) is 3.49. The van der Waals surface area contributed by atoms with Crippen LogP contribution in [0.5, 0.6) is 11.5 Å². The van der Waals surface area contributed by atoms with E-state index in [1.54, 1.807) is 6.26 Å². The second-order valence-electron chi connectivity index (χ2n) is 6.38. The molecule has 0 saturated carbocycles. The lowest BCUT2D eigenvalue weighted by Gasteiger charge is -2.26. The van der Waals surface area contributed by atoms with Crippen LogP contribution in [0.4, 0.5) is 0 Å². The minimum absolute atomic E-state index is 0.305. The summed E-state index contributed by atoms with van der Waals surface area (Å²) in [6, 6.07) is 10.5. The van der Waals surface area contributed by atoms with Crippen molar-refractivity contribution < 1.29 is 13.9 Å². The van der Waals surface area contributed by atoms with E-state index in [4.69, 9.17) is 13.9 Å². The van der Waals surface area contributed by atoms with Gasteiger partial charge >= 0.3 is 0 Å². The largest absolute Gasteiger partial charge is 0.486 e. The van der Waals surface area contributed by atoms with E-state index in [0.29, 0.717) is 19.3 Å². The summed E-state index contributed by atoms with van der Waals surface area (Å²) in [7, 11) is 0. The van der Waals surface area contributed by atoms with Gasteiger partial charge in [-0.1, -0.05) is 6.07 Å². The lowest BCUT2D eigenvalue weighted by atomic mass is 10.1. The molecule has 4 rings (SSSR count). The molecule has 1 aromatic heterocycles. The SMILES string of the molecule is c1coc([C@@H](CNCc2ccc3c(c2)OCCO3)N2CCCC2)c1. The number of likely N-dealkylation sites (tertiary alicyclic amines) is 1. The quantitative estimate of drug-likeness (QED) is 0.883. The van der Waals surface area contributed by atoms with Crippen molar-refractivity contribution in [2.45, 2.75) is 25.4 Å². The number of furan rings is 1. The minimum atomic E-state index is 0.305. The summed E-state index contributed by atoms with van der Waals surface area (Å²) in [5, 5.41) is 3.58. The Hall–Kier alpha value is -1.98. The molecule has 128 valence electrons. The van der Waals surface area contributed by atoms with Gasteiger partial charge in [-0.2, -0.15) is 0 Å². The molecule has 2 aromatic rings. The third-order valence-corrected chi connectivity index (χ3v) is 4.73. The van der Waals surface area contributed by atoms with E-state index in [-0.39, 0.29) is 0 Å². The van der Waals surface area contributed by atoms with Crippen LogP contribution in [0.1, 0.15) is 30.2 Å². The summed E-state index contributed by atoms with van der Waals surface area (Å²) in [5.41, 5.74) is 1.21. The second-order valence-corrected chi connectivity index (χ2v) is 6.38. The predicted octanol–water partition coefficient (Wildman–Crippen LogP) is 2.98. The summed E-state index contributed by atoms with van der Waals surface area (Å²) in [4.78, 5) is 2.51. The van der Waals surface area contributed by atoms with Gasteiger partial charge in [-0.05, 0) is 55.8 Å². The van der Waals surface area contributed by atoms with Crippen LogP contribution >= 0.6 is 0 Å². The summed E-state index contributed by atoms with van der Waals surface area (Å²) < 4.78 is 16.9. The van der Waals surface area contributed by atoms with Crippen molar-refractivity contribution in [3.05, 3.63) is 47.9 Å². The lowest BCUT2D eigenvalue weighted by Crippen LogP contribution is -2.33. The Bertz CT molecular complexity index is 651. The van der Waals surface area contributed by atoms with Gasteiger partial charge < -0.3 is 19.2 Å². The number of benzene rings is 1. The van der Waals surface area contributed by atoms with Gasteiger partial charge in [0.15, 0.2) is 11.5 Å². The normalized spacial score (nSPS) is 18.7. The topological polar surface area (TPSA) is 46.9 Å². The second kappa shape index (κ2) is 7.28. The molecule has 1 N–H and O–H groups in total. The molecule has 3 heterocycles. The van der Waals surface area contributed by atoms with Crippen molar-refractivity contribution in [2.75, 3.05) is 32.8 Å². The molecule has 0 bridgehead atoms. The molecule has 5 heteroatoms. The number of rotatable bonds is 6. The number of nitrogens with one attached hydrogen (secondary N) is 1. The first-order chi connectivity index (χ1) is 11.9. The summed E-state index contributed by atoms with van der Waals surface area (Å²) in [6.07, 6.45) is 4.32. The maximum atomic E-state index is 5.67. The lowest BCUT2D eigenvalue weighted by molar-refractivity contribution is 0.171. The first-order valence-electron chi connectivity index (χ1n) is 8.77. The Morgan fingerprint density at radius 1 is 1.04 bits per heavy atom. The number of nitrogens with zero attached hydrogens (tertiary/aromatic N) is 1. The average molecular weight is 328 g/mol. The zero-order chi connectivity index (χ0) is 16.2. The molecule has 0 aliphatic carbocycles. The van der Waals surface area contributed by atoms with Gasteiger partial charge in [0.2, 0.25) is 0 Å². The molecule has 24 heavy (non-hydrogen) atoms. The molecule has 0 spiro atoms. The van der Waals surface area contributed by atoms with Gasteiger partial charge in [-0.3, -0.25) is 4.90 Å². The maximum Gasteiger partial charge on any atom is 0.161 e. The average Bonchev–Trinajstić information content (AvgIpc) is 3.32. The van der Waals surface area contributed by atoms with Gasteiger partial charge in [0.25, 0.3) is 0 Å². The first-order valence-corrected chi connectivity index (χ1v) is 8.77. The third kappa shape index (κ3) is 3.42. The van der Waals surface area contributed by atoms with Crippen molar-refractivity contribution in [1.82, 2.24) is 10.2 Å². The van der Waals surface area contributed by atoms with Gasteiger partial charge in [-0.15, -0.1) is 0 Å². The number of hydrogen-bond donors (Lipinski definition) is 1. The third-order valence-electron chi connectivity index (χ3n) is 4.73. The minimum Gasteiger partial charge on any atom is -0.486 e. The Labute approximate surface area is 142 Å². The van der Waals surface area contributed by atoms with E-state index in [2.05, 4.69) is 28.4 Å². The molecule has 5 nitrogen and oxygen atoms in total. The predicted molar refractivity (Wildman–Crippen MR) is 91.4 cm³/mol. The molecule has 1 aromatic carbocycles. The van der Waals surface area contributed by atoms with Crippen molar-refractivity contribution >= 4 is 0 Å². The van der Waals surface area contributed by atoms with Crippen LogP contribution in [0.15, 0.2) is 41.0 Å². The molecule has 1 saturated heterocycles. The van der Waals surface area contributed by atoms with E-state index < -0.39 is 0 Å². The highest BCUT2D eigenvalue weighted by molar-refractivity contribution is 5.43. The van der Waals surface area contributed by atoms with Crippen molar-refractivity contribution in [2.24, 2.45) is 0 Å². The van der Waals surface area contributed by atoms with E-state index in [9.17, 15) is 0 Å². The number of fused-ring (bicyclic) bond motifs is 1. The molecular weight excluding hydrogens is 304 g/mol. The van der Waals surface area contributed by atoms with Gasteiger partial charge in [0.1, 0.15) is 19.0 Å². The highest BCUT2D eigenvalue weighted by Crippen LogP contribution is 2.31. The highest BCUT2D eigenvalue weighted by Gasteiger charge is 2.25. The monoisotopic (exact) mass is 328 g/mol. The zero-order valence-electron chi connectivity index (χ0n) is 13.9. The van der Waals surface area contributed by atoms with Crippen LogP contribution in [0.3, 0.4) is 0 Å². The number of ether oxygens (including phenoxy) is 2. The Balaban J connectivity index is 1.38. The van der Waals surface area contributed by atoms with Gasteiger partial charge in [0, 0.05) is 13.1 Å². The fraction of sp³-hybridized carbons (Fsp3) is 0.474. The van der Waals surface area contributed by atoms with Crippen molar-refractivity contribution in [3.63, 3.8) is 0 Å². The molecule has 1 atom stereocenters. The Kier molecular flexibility index (Phi) is 4.71. The van der Waals surface area contributed by atoms with E-state index >= 15 is 0 Å². The number of hydrogen-bond acceptors (Lipinski definition) is 5. The smallest absolute Gasteiger partial charge is 0.161 e. The van der Waals surface area contributed by atoms with E-state index in [0.717, 1.165) is 43.4 Å². The first kappa shape index (κ1) is 15.5. The van der Waals surface area contributed by atoms with Crippen molar-refractivity contribution in [1.29, 1.82) is 0 Å². The summed E-state index contributed by atoms with van der Waals surface area (Å²) in [6.45, 7) is 5.24. The van der Waals surface area contributed by atoms with E-state index in [1.807, 2.05) is 12.1 Å². The molecular formula is C19H24N2O3. The van der Waals surface area contributed by atoms with Crippen LogP contribution in [-0.4, -0.2) is 37.7 Å². The molecule has 0 unspecified atom stereocenters. The van der Waals surface area contributed by atoms with Gasteiger partial charge in [0.05, 0.1) is 12.3 Å². The van der Waals surface area contributed by atoms with Crippen LogP contribution < -0.4 is 14.8 Å².